The zero-order valence-electron chi connectivity index (χ0n) is 9.12. The lowest BCUT2D eigenvalue weighted by Crippen LogP contribution is -1.95. The third-order valence-electron chi connectivity index (χ3n) is 2.38. The van der Waals surface area contributed by atoms with Gasteiger partial charge >= 0.3 is 0 Å². The molecule has 0 radical (unpaired) electrons. The zero-order chi connectivity index (χ0) is 12.4. The van der Waals surface area contributed by atoms with Gasteiger partial charge in [0.25, 0.3) is 6.43 Å². The monoisotopic (exact) mass is 237 g/mol. The van der Waals surface area contributed by atoms with Crippen molar-refractivity contribution >= 4 is 0 Å². The molecule has 1 heterocycles. The Hall–Kier alpha value is -1.84. The number of benzene rings is 1. The second-order valence-corrected chi connectivity index (χ2v) is 3.70. The van der Waals surface area contributed by atoms with Gasteiger partial charge in [-0.05, 0) is 30.7 Å². The SMILES string of the molecule is Cc1cc(-c2ccccc2F)cc(C(F)F)n1. The minimum Gasteiger partial charge on any atom is -0.252 e. The quantitative estimate of drug-likeness (QED) is 0.765. The number of aryl methyl sites for hydroxylation is 1. The Balaban J connectivity index is 2.56. The van der Waals surface area contributed by atoms with Crippen LogP contribution in [0.5, 0.6) is 0 Å². The average Bonchev–Trinajstić information content (AvgIpc) is 2.28. The molecule has 0 unspecified atom stereocenters. The van der Waals surface area contributed by atoms with Crippen LogP contribution >= 0.6 is 0 Å². The molecule has 0 N–H and O–H groups in total. The summed E-state index contributed by atoms with van der Waals surface area (Å²) in [6.07, 6.45) is -2.65. The van der Waals surface area contributed by atoms with E-state index in [1.165, 1.54) is 12.1 Å². The van der Waals surface area contributed by atoms with Crippen LogP contribution in [0.25, 0.3) is 11.1 Å². The van der Waals surface area contributed by atoms with E-state index in [1.54, 1.807) is 31.2 Å². The maximum absolute atomic E-state index is 13.5. The molecule has 1 aromatic heterocycles. The summed E-state index contributed by atoms with van der Waals surface area (Å²) in [4.78, 5) is 3.72. The highest BCUT2D eigenvalue weighted by atomic mass is 19.3. The highest BCUT2D eigenvalue weighted by molar-refractivity contribution is 5.64. The molecular weight excluding hydrogens is 227 g/mol. The van der Waals surface area contributed by atoms with E-state index in [2.05, 4.69) is 4.98 Å². The van der Waals surface area contributed by atoms with Gasteiger partial charge in [-0.2, -0.15) is 0 Å². The molecule has 2 rings (SSSR count). The van der Waals surface area contributed by atoms with Gasteiger partial charge in [0.1, 0.15) is 11.5 Å². The molecule has 88 valence electrons. The summed E-state index contributed by atoms with van der Waals surface area (Å²) in [5.41, 5.74) is 0.843. The summed E-state index contributed by atoms with van der Waals surface area (Å²) in [5, 5.41) is 0. The predicted molar refractivity (Wildman–Crippen MR) is 59.3 cm³/mol. The number of rotatable bonds is 2. The van der Waals surface area contributed by atoms with Crippen LogP contribution in [0, 0.1) is 12.7 Å². The molecule has 1 aromatic carbocycles. The van der Waals surface area contributed by atoms with Gasteiger partial charge in [-0.15, -0.1) is 0 Å². The first-order valence-electron chi connectivity index (χ1n) is 5.09. The summed E-state index contributed by atoms with van der Waals surface area (Å²) in [6, 6.07) is 8.88. The second-order valence-electron chi connectivity index (χ2n) is 3.70. The van der Waals surface area contributed by atoms with Crippen molar-refractivity contribution < 1.29 is 13.2 Å². The van der Waals surface area contributed by atoms with E-state index < -0.39 is 12.2 Å². The molecule has 0 aliphatic carbocycles. The Bertz CT molecular complexity index is 538. The summed E-state index contributed by atoms with van der Waals surface area (Å²) >= 11 is 0. The van der Waals surface area contributed by atoms with Gasteiger partial charge in [-0.25, -0.2) is 13.2 Å². The lowest BCUT2D eigenvalue weighted by molar-refractivity contribution is 0.146. The number of aromatic nitrogens is 1. The van der Waals surface area contributed by atoms with Gasteiger partial charge in [-0.3, -0.25) is 4.98 Å². The fourth-order valence-corrected chi connectivity index (χ4v) is 1.66. The Kier molecular flexibility index (Phi) is 3.13. The lowest BCUT2D eigenvalue weighted by Gasteiger charge is -2.07. The fourth-order valence-electron chi connectivity index (χ4n) is 1.66. The van der Waals surface area contributed by atoms with E-state index >= 15 is 0 Å². The molecule has 1 nitrogen and oxygen atoms in total. The molecule has 0 atom stereocenters. The van der Waals surface area contributed by atoms with E-state index in [0.717, 1.165) is 0 Å². The molecule has 0 aliphatic heterocycles. The van der Waals surface area contributed by atoms with E-state index in [9.17, 15) is 13.2 Å². The number of hydrogen-bond donors (Lipinski definition) is 0. The van der Waals surface area contributed by atoms with Crippen molar-refractivity contribution in [2.45, 2.75) is 13.3 Å². The molecule has 0 bridgehead atoms. The van der Waals surface area contributed by atoms with Gasteiger partial charge in [0.2, 0.25) is 0 Å². The van der Waals surface area contributed by atoms with E-state index in [-0.39, 0.29) is 5.69 Å². The zero-order valence-corrected chi connectivity index (χ0v) is 9.12. The predicted octanol–water partition coefficient (Wildman–Crippen LogP) is 4.13. The van der Waals surface area contributed by atoms with Crippen LogP contribution in [0.1, 0.15) is 17.8 Å². The summed E-state index contributed by atoms with van der Waals surface area (Å²) in [7, 11) is 0. The molecule has 0 amide bonds. The first-order chi connectivity index (χ1) is 8.08. The molecule has 0 spiro atoms. The third kappa shape index (κ3) is 2.46. The summed E-state index contributed by atoms with van der Waals surface area (Å²) in [6.45, 7) is 1.61. The summed E-state index contributed by atoms with van der Waals surface area (Å²) in [5.74, 6) is -0.432. The minimum atomic E-state index is -2.65. The number of halogens is 3. The van der Waals surface area contributed by atoms with Gasteiger partial charge in [0.15, 0.2) is 0 Å². The molecule has 0 aliphatic rings. The highest BCUT2D eigenvalue weighted by Gasteiger charge is 2.12. The average molecular weight is 237 g/mol. The van der Waals surface area contributed by atoms with E-state index in [4.69, 9.17) is 0 Å². The number of nitrogens with zero attached hydrogens (tertiary/aromatic N) is 1. The standard InChI is InChI=1S/C13H10F3N/c1-8-6-9(7-12(17-8)13(15)16)10-4-2-3-5-11(10)14/h2-7,13H,1H3. The Morgan fingerprint density at radius 2 is 1.82 bits per heavy atom. The summed E-state index contributed by atoms with van der Waals surface area (Å²) < 4.78 is 38.7. The molecule has 0 saturated heterocycles. The van der Waals surface area contributed by atoms with E-state index in [1.807, 2.05) is 0 Å². The smallest absolute Gasteiger partial charge is 0.252 e. The van der Waals surface area contributed by atoms with Gasteiger partial charge in [-0.1, -0.05) is 18.2 Å². The van der Waals surface area contributed by atoms with Gasteiger partial charge < -0.3 is 0 Å². The van der Waals surface area contributed by atoms with E-state index in [0.29, 0.717) is 16.8 Å². The number of alkyl halides is 2. The molecule has 17 heavy (non-hydrogen) atoms. The first-order valence-corrected chi connectivity index (χ1v) is 5.09. The normalized spacial score (nSPS) is 10.9. The number of hydrogen-bond acceptors (Lipinski definition) is 1. The van der Waals surface area contributed by atoms with Gasteiger partial charge in [0, 0.05) is 11.3 Å². The van der Waals surface area contributed by atoms with Crippen LogP contribution in [0.15, 0.2) is 36.4 Å². The molecule has 0 fully saturated rings. The highest BCUT2D eigenvalue weighted by Crippen LogP contribution is 2.27. The van der Waals surface area contributed by atoms with Crippen LogP contribution < -0.4 is 0 Å². The number of pyridine rings is 1. The van der Waals surface area contributed by atoms with Crippen LogP contribution in [0.4, 0.5) is 13.2 Å². The molecule has 2 aromatic rings. The van der Waals surface area contributed by atoms with Crippen molar-refractivity contribution in [1.29, 1.82) is 0 Å². The van der Waals surface area contributed by atoms with Crippen molar-refractivity contribution in [2.75, 3.05) is 0 Å². The topological polar surface area (TPSA) is 12.9 Å². The van der Waals surface area contributed by atoms with Crippen LogP contribution in [0.2, 0.25) is 0 Å². The lowest BCUT2D eigenvalue weighted by atomic mass is 10.0. The van der Waals surface area contributed by atoms with Crippen molar-refractivity contribution in [1.82, 2.24) is 4.98 Å². The Morgan fingerprint density at radius 3 is 2.47 bits per heavy atom. The second kappa shape index (κ2) is 4.57. The maximum atomic E-state index is 13.5. The Morgan fingerprint density at radius 1 is 1.12 bits per heavy atom. The minimum absolute atomic E-state index is 0.305. The molecule has 4 heteroatoms. The largest absolute Gasteiger partial charge is 0.280 e. The van der Waals surface area contributed by atoms with Gasteiger partial charge in [0.05, 0.1) is 0 Å². The van der Waals surface area contributed by atoms with Crippen molar-refractivity contribution in [3.63, 3.8) is 0 Å². The third-order valence-corrected chi connectivity index (χ3v) is 2.38. The maximum Gasteiger partial charge on any atom is 0.280 e. The van der Waals surface area contributed by atoms with Crippen LogP contribution in [-0.4, -0.2) is 4.98 Å². The Labute approximate surface area is 96.9 Å². The molecular formula is C13H10F3N. The van der Waals surface area contributed by atoms with Crippen molar-refractivity contribution in [3.05, 3.63) is 53.6 Å². The fraction of sp³-hybridized carbons (Fsp3) is 0.154. The van der Waals surface area contributed by atoms with Crippen LogP contribution in [0.3, 0.4) is 0 Å². The molecule has 0 saturated carbocycles. The van der Waals surface area contributed by atoms with Crippen LogP contribution in [-0.2, 0) is 0 Å². The van der Waals surface area contributed by atoms with Crippen molar-refractivity contribution in [2.24, 2.45) is 0 Å². The van der Waals surface area contributed by atoms with Crippen molar-refractivity contribution in [3.8, 4) is 11.1 Å². The first kappa shape index (κ1) is 11.6.